The van der Waals surface area contributed by atoms with E-state index in [0.29, 0.717) is 12.1 Å². The Labute approximate surface area is 165 Å². The number of hydrogen-bond acceptors (Lipinski definition) is 6. The van der Waals surface area contributed by atoms with Crippen molar-refractivity contribution < 1.29 is 9.63 Å². The molecule has 0 unspecified atom stereocenters. The molecule has 0 atom stereocenters. The number of carbonyl (C=O) groups excluding carboxylic acids is 1. The van der Waals surface area contributed by atoms with E-state index in [1.54, 1.807) is 18.5 Å². The quantitative estimate of drug-likeness (QED) is 0.746. The third kappa shape index (κ3) is 3.61. The molecule has 6 rings (SSSR count). The summed E-state index contributed by atoms with van der Waals surface area (Å²) in [6.45, 7) is 0.602. The van der Waals surface area contributed by atoms with Crippen molar-refractivity contribution in [2.45, 2.75) is 50.6 Å². The Morgan fingerprint density at radius 2 is 1.75 bits per heavy atom. The van der Waals surface area contributed by atoms with Gasteiger partial charge in [-0.15, -0.1) is 5.48 Å². The fraction of sp³-hybridized carbons (Fsp3) is 0.500. The van der Waals surface area contributed by atoms with Crippen molar-refractivity contribution in [1.82, 2.24) is 15.4 Å². The molecule has 0 aliphatic heterocycles. The van der Waals surface area contributed by atoms with Crippen LogP contribution in [0.15, 0.2) is 43.0 Å². The second-order valence-corrected chi connectivity index (χ2v) is 8.87. The van der Waals surface area contributed by atoms with Gasteiger partial charge in [-0.05, 0) is 74.5 Å². The number of hydroxylamine groups is 1. The summed E-state index contributed by atoms with van der Waals surface area (Å²) in [6.07, 6.45) is 12.6. The molecule has 1 heterocycles. The maximum Gasteiger partial charge on any atom is 0.356 e. The first-order valence-electron chi connectivity index (χ1n) is 10.2. The molecule has 2 N–H and O–H groups in total. The zero-order valence-corrected chi connectivity index (χ0v) is 15.9. The molecule has 0 saturated heterocycles. The van der Waals surface area contributed by atoms with Gasteiger partial charge in [0.05, 0.1) is 11.1 Å². The van der Waals surface area contributed by atoms with Crippen LogP contribution in [0.5, 0.6) is 0 Å². The summed E-state index contributed by atoms with van der Waals surface area (Å²) >= 11 is 0. The lowest BCUT2D eigenvalue weighted by Crippen LogP contribution is -2.58. The van der Waals surface area contributed by atoms with Crippen LogP contribution >= 0.6 is 0 Å². The maximum absolute atomic E-state index is 12.6. The average molecular weight is 378 g/mol. The van der Waals surface area contributed by atoms with E-state index in [4.69, 9.17) is 4.84 Å². The van der Waals surface area contributed by atoms with Crippen LogP contribution in [0.1, 0.15) is 54.4 Å². The minimum atomic E-state index is -0.317. The molecule has 0 spiro atoms. The molecule has 4 saturated carbocycles. The lowest BCUT2D eigenvalue weighted by Gasteiger charge is -2.56. The molecular formula is C22H26N4O2. The predicted molar refractivity (Wildman–Crippen MR) is 105 cm³/mol. The summed E-state index contributed by atoms with van der Waals surface area (Å²) in [4.78, 5) is 26.2. The van der Waals surface area contributed by atoms with Gasteiger partial charge >= 0.3 is 5.97 Å². The summed E-state index contributed by atoms with van der Waals surface area (Å²) in [5.41, 5.74) is 5.63. The van der Waals surface area contributed by atoms with Gasteiger partial charge < -0.3 is 10.2 Å². The Kier molecular flexibility index (Phi) is 4.51. The van der Waals surface area contributed by atoms with Crippen molar-refractivity contribution in [3.63, 3.8) is 0 Å². The SMILES string of the molecule is O=C(ONC12CC3CC(CC(C3)C1)C2)c1cccc(NCc2cncnc2)c1. The Balaban J connectivity index is 1.20. The highest BCUT2D eigenvalue weighted by Gasteiger charge is 2.51. The topological polar surface area (TPSA) is 76.1 Å². The van der Waals surface area contributed by atoms with E-state index in [0.717, 1.165) is 48.3 Å². The van der Waals surface area contributed by atoms with Gasteiger partial charge in [0.1, 0.15) is 6.33 Å². The molecule has 0 amide bonds. The monoisotopic (exact) mass is 378 g/mol. The summed E-state index contributed by atoms with van der Waals surface area (Å²) in [7, 11) is 0. The van der Waals surface area contributed by atoms with Crippen LogP contribution in [-0.4, -0.2) is 21.5 Å². The van der Waals surface area contributed by atoms with Gasteiger partial charge in [-0.1, -0.05) is 6.07 Å². The molecule has 28 heavy (non-hydrogen) atoms. The minimum Gasteiger partial charge on any atom is -0.381 e. The Morgan fingerprint density at radius 3 is 2.43 bits per heavy atom. The smallest absolute Gasteiger partial charge is 0.356 e. The number of carbonyl (C=O) groups is 1. The van der Waals surface area contributed by atoms with Crippen molar-refractivity contribution in [3.05, 3.63) is 54.1 Å². The number of nitrogens with zero attached hydrogens (tertiary/aromatic N) is 2. The Bertz CT molecular complexity index is 819. The largest absolute Gasteiger partial charge is 0.381 e. The predicted octanol–water partition coefficient (Wildman–Crippen LogP) is 3.72. The van der Waals surface area contributed by atoms with Gasteiger partial charge in [-0.2, -0.15) is 0 Å². The molecule has 2 aromatic rings. The van der Waals surface area contributed by atoms with E-state index < -0.39 is 0 Å². The molecule has 4 fully saturated rings. The second-order valence-electron chi connectivity index (χ2n) is 8.87. The molecule has 1 aromatic carbocycles. The van der Waals surface area contributed by atoms with E-state index in [1.807, 2.05) is 18.2 Å². The fourth-order valence-electron chi connectivity index (χ4n) is 5.83. The molecule has 6 heteroatoms. The highest BCUT2D eigenvalue weighted by Crippen LogP contribution is 2.55. The van der Waals surface area contributed by atoms with Crippen LogP contribution in [0.25, 0.3) is 0 Å². The van der Waals surface area contributed by atoms with Crippen LogP contribution in [0.4, 0.5) is 5.69 Å². The number of nitrogens with one attached hydrogen (secondary N) is 2. The molecule has 4 aliphatic rings. The third-order valence-corrected chi connectivity index (χ3v) is 6.61. The van der Waals surface area contributed by atoms with Gasteiger partial charge in [0.2, 0.25) is 0 Å². The molecule has 6 nitrogen and oxygen atoms in total. The molecule has 0 radical (unpaired) electrons. The molecule has 4 aliphatic carbocycles. The number of rotatable bonds is 6. The van der Waals surface area contributed by atoms with Crippen LogP contribution in [0.2, 0.25) is 0 Å². The third-order valence-electron chi connectivity index (χ3n) is 6.61. The van der Waals surface area contributed by atoms with Gasteiger partial charge in [-0.3, -0.25) is 0 Å². The molecular weight excluding hydrogens is 352 g/mol. The van der Waals surface area contributed by atoms with Crippen molar-refractivity contribution in [3.8, 4) is 0 Å². The van der Waals surface area contributed by atoms with Gasteiger partial charge in [-0.25, -0.2) is 14.8 Å². The van der Waals surface area contributed by atoms with Crippen molar-refractivity contribution in [2.75, 3.05) is 5.32 Å². The van der Waals surface area contributed by atoms with E-state index >= 15 is 0 Å². The molecule has 146 valence electrons. The first kappa shape index (κ1) is 17.6. The lowest BCUT2D eigenvalue weighted by atomic mass is 9.53. The summed E-state index contributed by atoms with van der Waals surface area (Å²) in [5, 5.41) is 3.30. The first-order valence-corrected chi connectivity index (χ1v) is 10.2. The van der Waals surface area contributed by atoms with Crippen LogP contribution in [0, 0.1) is 17.8 Å². The Hall–Kier alpha value is -2.47. The summed E-state index contributed by atoms with van der Waals surface area (Å²) in [6, 6.07) is 7.42. The maximum atomic E-state index is 12.6. The standard InChI is InChI=1S/C22H26N4O2/c27-21(28-26-22-8-15-4-16(9-22)6-17(5-15)10-22)19-2-1-3-20(7-19)25-13-18-11-23-14-24-12-18/h1-3,7,11-12,14-17,25-26H,4-6,8-10,13H2. The van der Waals surface area contributed by atoms with E-state index in [9.17, 15) is 4.79 Å². The Morgan fingerprint density at radius 1 is 1.07 bits per heavy atom. The van der Waals surface area contributed by atoms with Gasteiger partial charge in [0, 0.05) is 30.2 Å². The fourth-order valence-corrected chi connectivity index (χ4v) is 5.83. The number of anilines is 1. The van der Waals surface area contributed by atoms with Gasteiger partial charge in [0.15, 0.2) is 0 Å². The number of aromatic nitrogens is 2. The molecule has 4 bridgehead atoms. The van der Waals surface area contributed by atoms with E-state index in [-0.39, 0.29) is 11.5 Å². The normalized spacial score (nSPS) is 30.2. The summed E-state index contributed by atoms with van der Waals surface area (Å²) < 4.78 is 0. The van der Waals surface area contributed by atoms with Crippen molar-refractivity contribution in [2.24, 2.45) is 17.8 Å². The highest BCUT2D eigenvalue weighted by atomic mass is 16.7. The van der Waals surface area contributed by atoms with E-state index in [2.05, 4.69) is 20.8 Å². The lowest BCUT2D eigenvalue weighted by molar-refractivity contribution is -0.0880. The minimum absolute atomic E-state index is 0.00752. The van der Waals surface area contributed by atoms with Crippen molar-refractivity contribution >= 4 is 11.7 Å². The van der Waals surface area contributed by atoms with Crippen LogP contribution in [0.3, 0.4) is 0 Å². The number of hydrogen-bond donors (Lipinski definition) is 2. The van der Waals surface area contributed by atoms with Crippen LogP contribution < -0.4 is 10.8 Å². The highest BCUT2D eigenvalue weighted by molar-refractivity contribution is 5.90. The second kappa shape index (κ2) is 7.17. The zero-order valence-electron chi connectivity index (χ0n) is 15.9. The van der Waals surface area contributed by atoms with Gasteiger partial charge in [0.25, 0.3) is 0 Å². The van der Waals surface area contributed by atoms with Crippen LogP contribution in [-0.2, 0) is 11.4 Å². The first-order chi connectivity index (χ1) is 13.7. The number of benzene rings is 1. The zero-order chi connectivity index (χ0) is 19.0. The average Bonchev–Trinajstić information content (AvgIpc) is 2.71. The summed E-state index contributed by atoms with van der Waals surface area (Å²) in [5.74, 6) is 2.12. The van der Waals surface area contributed by atoms with E-state index in [1.165, 1.54) is 25.6 Å². The van der Waals surface area contributed by atoms with Crippen molar-refractivity contribution in [1.29, 1.82) is 0 Å². The molecule has 1 aromatic heterocycles.